The Balaban J connectivity index is 1.57. The van der Waals surface area contributed by atoms with E-state index in [2.05, 4.69) is 29.7 Å². The molecule has 1 amide bonds. The van der Waals surface area contributed by atoms with Gasteiger partial charge in [0.1, 0.15) is 5.69 Å². The second-order valence-corrected chi connectivity index (χ2v) is 7.26. The van der Waals surface area contributed by atoms with Gasteiger partial charge in [-0.05, 0) is 30.4 Å². The average Bonchev–Trinajstić information content (AvgIpc) is 3.05. The van der Waals surface area contributed by atoms with E-state index >= 15 is 0 Å². The van der Waals surface area contributed by atoms with Crippen LogP contribution in [0.1, 0.15) is 42.9 Å². The first-order valence-electron chi connectivity index (χ1n) is 9.04. The van der Waals surface area contributed by atoms with E-state index in [1.165, 1.54) is 6.42 Å². The maximum atomic E-state index is 12.6. The molecular formula is C20H27N3O. The van der Waals surface area contributed by atoms with Crippen molar-refractivity contribution < 1.29 is 4.79 Å². The van der Waals surface area contributed by atoms with E-state index in [1.807, 2.05) is 23.1 Å². The summed E-state index contributed by atoms with van der Waals surface area (Å²) < 4.78 is 0. The fourth-order valence-electron chi connectivity index (χ4n) is 3.59. The molecule has 2 aliphatic rings. The van der Waals surface area contributed by atoms with Gasteiger partial charge < -0.3 is 4.90 Å². The van der Waals surface area contributed by atoms with Gasteiger partial charge in [0.25, 0.3) is 5.91 Å². The van der Waals surface area contributed by atoms with Gasteiger partial charge in [0.05, 0.1) is 5.69 Å². The number of likely N-dealkylation sites (tertiary alicyclic amines) is 2. The zero-order valence-electron chi connectivity index (χ0n) is 14.7. The summed E-state index contributed by atoms with van der Waals surface area (Å²) in [5, 5.41) is 0. The molecule has 0 N–H and O–H groups in total. The quantitative estimate of drug-likeness (QED) is 0.781. The summed E-state index contributed by atoms with van der Waals surface area (Å²) in [7, 11) is 0. The van der Waals surface area contributed by atoms with Crippen molar-refractivity contribution in [2.75, 3.05) is 26.2 Å². The maximum Gasteiger partial charge on any atom is 0.272 e. The number of amides is 1. The summed E-state index contributed by atoms with van der Waals surface area (Å²) >= 11 is 0. The van der Waals surface area contributed by atoms with Crippen LogP contribution in [0.25, 0.3) is 0 Å². The molecule has 1 aromatic heterocycles. The Kier molecular flexibility index (Phi) is 5.20. The lowest BCUT2D eigenvalue weighted by Gasteiger charge is -2.42. The molecule has 128 valence electrons. The fraction of sp³-hybridized carbons (Fsp3) is 0.600. The molecule has 0 aromatic carbocycles. The van der Waals surface area contributed by atoms with E-state index in [0.717, 1.165) is 50.1 Å². The number of carbonyl (C=O) groups is 1. The van der Waals surface area contributed by atoms with Gasteiger partial charge in [-0.3, -0.25) is 9.69 Å². The van der Waals surface area contributed by atoms with Crippen LogP contribution >= 0.6 is 0 Å². The number of aromatic nitrogens is 1. The molecule has 4 heteroatoms. The smallest absolute Gasteiger partial charge is 0.272 e. The highest BCUT2D eigenvalue weighted by Crippen LogP contribution is 2.27. The molecule has 0 spiro atoms. The predicted octanol–water partition coefficient (Wildman–Crippen LogP) is 2.65. The van der Waals surface area contributed by atoms with Gasteiger partial charge >= 0.3 is 0 Å². The van der Waals surface area contributed by atoms with E-state index in [9.17, 15) is 4.79 Å². The number of pyridine rings is 1. The summed E-state index contributed by atoms with van der Waals surface area (Å²) in [6.07, 6.45) is 7.61. The normalized spacial score (nSPS) is 22.9. The molecule has 2 fully saturated rings. The zero-order valence-corrected chi connectivity index (χ0v) is 14.7. The van der Waals surface area contributed by atoms with Crippen molar-refractivity contribution in [1.82, 2.24) is 14.8 Å². The molecule has 1 aromatic rings. The van der Waals surface area contributed by atoms with Gasteiger partial charge in [0.2, 0.25) is 0 Å². The van der Waals surface area contributed by atoms with Crippen LogP contribution in [0.15, 0.2) is 18.2 Å². The molecular weight excluding hydrogens is 298 g/mol. The van der Waals surface area contributed by atoms with Crippen LogP contribution in [0.5, 0.6) is 0 Å². The number of nitrogens with zero attached hydrogens (tertiary/aromatic N) is 3. The Labute approximate surface area is 145 Å². The highest BCUT2D eigenvalue weighted by molar-refractivity contribution is 5.92. The van der Waals surface area contributed by atoms with Crippen molar-refractivity contribution in [2.24, 2.45) is 17.8 Å². The Hall–Kier alpha value is -1.86. The molecule has 0 saturated carbocycles. The minimum Gasteiger partial charge on any atom is -0.336 e. The number of terminal acetylenes is 1. The van der Waals surface area contributed by atoms with Crippen LogP contribution in [0, 0.1) is 30.1 Å². The molecule has 0 radical (unpaired) electrons. The summed E-state index contributed by atoms with van der Waals surface area (Å²) in [6.45, 7) is 9.11. The fourth-order valence-corrected chi connectivity index (χ4v) is 3.59. The first kappa shape index (κ1) is 17.0. The van der Waals surface area contributed by atoms with Crippen LogP contribution in [-0.4, -0.2) is 46.9 Å². The van der Waals surface area contributed by atoms with Crippen molar-refractivity contribution in [1.29, 1.82) is 0 Å². The lowest BCUT2D eigenvalue weighted by Crippen LogP contribution is -2.48. The van der Waals surface area contributed by atoms with Gasteiger partial charge in [0, 0.05) is 38.6 Å². The van der Waals surface area contributed by atoms with E-state index < -0.39 is 0 Å². The molecule has 2 atom stereocenters. The topological polar surface area (TPSA) is 36.4 Å². The summed E-state index contributed by atoms with van der Waals surface area (Å²) in [6, 6.07) is 5.77. The Morgan fingerprint density at radius 2 is 2.21 bits per heavy atom. The number of hydrogen-bond acceptors (Lipinski definition) is 3. The van der Waals surface area contributed by atoms with Crippen molar-refractivity contribution in [2.45, 2.75) is 33.2 Å². The third-order valence-corrected chi connectivity index (χ3v) is 5.56. The highest BCUT2D eigenvalue weighted by atomic mass is 16.2. The molecule has 1 unspecified atom stereocenters. The minimum absolute atomic E-state index is 0.00990. The number of hydrogen-bond donors (Lipinski definition) is 0. The third-order valence-electron chi connectivity index (χ3n) is 5.56. The van der Waals surface area contributed by atoms with Crippen molar-refractivity contribution in [3.63, 3.8) is 0 Å². The largest absolute Gasteiger partial charge is 0.336 e. The molecule has 4 nitrogen and oxygen atoms in total. The average molecular weight is 325 g/mol. The standard InChI is InChI=1S/C20H27N3O/c1-4-15(3)17-12-22(13-17)14-18-7-6-8-19(21-18)20(24)23-10-9-16(5-2)11-23/h2,6-8,15-17H,4,9-14H2,1,3H3/t15?,16-/m1/s1. The van der Waals surface area contributed by atoms with E-state index in [0.29, 0.717) is 12.2 Å². The van der Waals surface area contributed by atoms with Gasteiger partial charge in [-0.15, -0.1) is 12.3 Å². The van der Waals surface area contributed by atoms with Crippen molar-refractivity contribution >= 4 is 5.91 Å². The molecule has 2 aliphatic heterocycles. The van der Waals surface area contributed by atoms with Crippen LogP contribution in [0.3, 0.4) is 0 Å². The molecule has 3 heterocycles. The van der Waals surface area contributed by atoms with E-state index in [1.54, 1.807) is 0 Å². The lowest BCUT2D eigenvalue weighted by molar-refractivity contribution is 0.0534. The van der Waals surface area contributed by atoms with E-state index in [4.69, 9.17) is 6.42 Å². The van der Waals surface area contributed by atoms with Gasteiger partial charge in [-0.1, -0.05) is 26.3 Å². The highest BCUT2D eigenvalue weighted by Gasteiger charge is 2.30. The number of carbonyl (C=O) groups excluding carboxylic acids is 1. The Morgan fingerprint density at radius 3 is 2.88 bits per heavy atom. The van der Waals surface area contributed by atoms with Crippen LogP contribution < -0.4 is 0 Å². The monoisotopic (exact) mass is 325 g/mol. The maximum absolute atomic E-state index is 12.6. The second-order valence-electron chi connectivity index (χ2n) is 7.26. The first-order chi connectivity index (χ1) is 11.6. The SMILES string of the molecule is C#C[C@@H]1CCN(C(=O)c2cccc(CN3CC(C(C)CC)C3)n2)C1. The lowest BCUT2D eigenvalue weighted by atomic mass is 9.85. The molecule has 0 aliphatic carbocycles. The molecule has 24 heavy (non-hydrogen) atoms. The minimum atomic E-state index is 0.00990. The van der Waals surface area contributed by atoms with Crippen molar-refractivity contribution in [3.05, 3.63) is 29.6 Å². The van der Waals surface area contributed by atoms with Gasteiger partial charge in [-0.25, -0.2) is 4.98 Å². The molecule has 0 bridgehead atoms. The first-order valence-corrected chi connectivity index (χ1v) is 9.04. The van der Waals surface area contributed by atoms with E-state index in [-0.39, 0.29) is 11.8 Å². The van der Waals surface area contributed by atoms with Gasteiger partial charge in [-0.2, -0.15) is 0 Å². The summed E-state index contributed by atoms with van der Waals surface area (Å²) in [5.41, 5.74) is 1.53. The third kappa shape index (κ3) is 3.62. The summed E-state index contributed by atoms with van der Waals surface area (Å²) in [4.78, 5) is 21.4. The molecule has 2 saturated heterocycles. The van der Waals surface area contributed by atoms with Gasteiger partial charge in [0.15, 0.2) is 0 Å². The van der Waals surface area contributed by atoms with Crippen molar-refractivity contribution in [3.8, 4) is 12.3 Å². The summed E-state index contributed by atoms with van der Waals surface area (Å²) in [5.74, 6) is 4.55. The Bertz CT molecular complexity index is 630. The zero-order chi connectivity index (χ0) is 17.1. The predicted molar refractivity (Wildman–Crippen MR) is 95.3 cm³/mol. The Morgan fingerprint density at radius 1 is 1.42 bits per heavy atom. The van der Waals surface area contributed by atoms with Crippen LogP contribution in [0.2, 0.25) is 0 Å². The van der Waals surface area contributed by atoms with Crippen LogP contribution in [0.4, 0.5) is 0 Å². The molecule has 3 rings (SSSR count). The second kappa shape index (κ2) is 7.36. The number of rotatable bonds is 5. The van der Waals surface area contributed by atoms with Crippen LogP contribution in [-0.2, 0) is 6.54 Å².